The average molecular weight is 253 g/mol. The van der Waals surface area contributed by atoms with Crippen molar-refractivity contribution in [2.24, 2.45) is 0 Å². The summed E-state index contributed by atoms with van der Waals surface area (Å²) in [5, 5.41) is 2.69. The summed E-state index contributed by atoms with van der Waals surface area (Å²) < 4.78 is 0. The van der Waals surface area contributed by atoms with E-state index < -0.39 is 8.07 Å². The smallest absolute Gasteiger partial charge is 0.231 e. The van der Waals surface area contributed by atoms with E-state index in [-0.39, 0.29) is 5.91 Å². The molecular formula is C14H27NOSi. The lowest BCUT2D eigenvalue weighted by Crippen LogP contribution is -2.43. The normalized spacial score (nSPS) is 11.6. The Morgan fingerprint density at radius 2 is 1.47 bits per heavy atom. The van der Waals surface area contributed by atoms with Crippen LogP contribution in [0.15, 0.2) is 0 Å². The fraction of sp³-hybridized carbons (Fsp3) is 0.786. The zero-order valence-corrected chi connectivity index (χ0v) is 13.3. The quantitative estimate of drug-likeness (QED) is 0.462. The Kier molecular flexibility index (Phi) is 6.55. The van der Waals surface area contributed by atoms with E-state index in [0.29, 0.717) is 23.0 Å². The highest BCUT2D eigenvalue weighted by atomic mass is 28.3. The van der Waals surface area contributed by atoms with E-state index in [4.69, 9.17) is 0 Å². The third-order valence-electron chi connectivity index (χ3n) is 3.67. The van der Waals surface area contributed by atoms with Crippen molar-refractivity contribution in [1.29, 1.82) is 0 Å². The molecule has 0 aliphatic rings. The predicted molar refractivity (Wildman–Crippen MR) is 77.3 cm³/mol. The first kappa shape index (κ1) is 16.2. The second kappa shape index (κ2) is 6.86. The summed E-state index contributed by atoms with van der Waals surface area (Å²) >= 11 is 0. The van der Waals surface area contributed by atoms with Gasteiger partial charge in [0, 0.05) is 12.5 Å². The Morgan fingerprint density at radius 1 is 1.06 bits per heavy atom. The minimum atomic E-state index is -1.68. The fourth-order valence-corrected chi connectivity index (χ4v) is 7.88. The predicted octanol–water partition coefficient (Wildman–Crippen LogP) is 3.69. The van der Waals surface area contributed by atoms with Gasteiger partial charge in [0.15, 0.2) is 0 Å². The minimum Gasteiger partial charge on any atom is -0.286 e. The van der Waals surface area contributed by atoms with Crippen LogP contribution in [0.1, 0.15) is 54.9 Å². The number of nitrogens with one attached hydrogen (secondary N) is 1. The lowest BCUT2D eigenvalue weighted by molar-refractivity contribution is -0.119. The van der Waals surface area contributed by atoms with E-state index in [1.165, 1.54) is 0 Å². The third-order valence-corrected chi connectivity index (χ3v) is 9.96. The third kappa shape index (κ3) is 3.88. The van der Waals surface area contributed by atoms with Crippen LogP contribution < -0.4 is 5.32 Å². The largest absolute Gasteiger partial charge is 0.286 e. The molecule has 0 rings (SSSR count). The van der Waals surface area contributed by atoms with Crippen LogP contribution in [0.5, 0.6) is 0 Å². The summed E-state index contributed by atoms with van der Waals surface area (Å²) in [6, 6.07) is 2.93. The van der Waals surface area contributed by atoms with Gasteiger partial charge in [-0.2, -0.15) is 0 Å². The molecule has 0 aromatic heterocycles. The Morgan fingerprint density at radius 3 is 1.76 bits per heavy atom. The van der Waals surface area contributed by atoms with Crippen molar-refractivity contribution in [1.82, 2.24) is 5.32 Å². The van der Waals surface area contributed by atoms with Gasteiger partial charge in [-0.1, -0.05) is 48.5 Å². The van der Waals surface area contributed by atoms with E-state index in [1.807, 2.05) is 6.92 Å². The molecule has 1 amide bonds. The highest BCUT2D eigenvalue weighted by Gasteiger charge is 2.41. The maximum absolute atomic E-state index is 11.2. The van der Waals surface area contributed by atoms with Gasteiger partial charge in [-0.25, -0.2) is 0 Å². The van der Waals surface area contributed by atoms with E-state index in [1.54, 1.807) is 0 Å². The summed E-state index contributed by atoms with van der Waals surface area (Å²) in [7, 11) is -1.68. The van der Waals surface area contributed by atoms with Gasteiger partial charge >= 0.3 is 0 Å². The minimum absolute atomic E-state index is 0.0108. The molecule has 0 radical (unpaired) electrons. The molecule has 0 spiro atoms. The van der Waals surface area contributed by atoms with Crippen molar-refractivity contribution < 1.29 is 4.79 Å². The van der Waals surface area contributed by atoms with Crippen molar-refractivity contribution in [3.05, 3.63) is 0 Å². The van der Waals surface area contributed by atoms with Crippen LogP contribution in [0.25, 0.3) is 0 Å². The van der Waals surface area contributed by atoms with Gasteiger partial charge in [-0.15, -0.1) is 5.54 Å². The number of carbonyl (C=O) groups is 1. The van der Waals surface area contributed by atoms with Crippen molar-refractivity contribution in [3.8, 4) is 11.6 Å². The summed E-state index contributed by atoms with van der Waals surface area (Å²) in [6.45, 7) is 15.4. The van der Waals surface area contributed by atoms with Crippen molar-refractivity contribution in [2.45, 2.75) is 71.5 Å². The number of rotatable bonds is 4. The Balaban J connectivity index is 5.12. The van der Waals surface area contributed by atoms with Crippen LogP contribution in [0.2, 0.25) is 16.6 Å². The maximum atomic E-state index is 11.2. The number of amides is 1. The van der Waals surface area contributed by atoms with E-state index in [9.17, 15) is 4.79 Å². The average Bonchev–Trinajstić information content (AvgIpc) is 2.22. The van der Waals surface area contributed by atoms with E-state index in [0.717, 1.165) is 0 Å². The van der Waals surface area contributed by atoms with Crippen molar-refractivity contribution in [2.75, 3.05) is 0 Å². The molecule has 0 aliphatic carbocycles. The number of carbonyl (C=O) groups excluding carboxylic acids is 1. The van der Waals surface area contributed by atoms with Crippen LogP contribution in [-0.4, -0.2) is 14.0 Å². The van der Waals surface area contributed by atoms with Gasteiger partial charge < -0.3 is 0 Å². The SMILES string of the molecule is CCC(=O)NC#C[Si](C(C)C)(C(C)C)C(C)C. The van der Waals surface area contributed by atoms with Crippen LogP contribution in [-0.2, 0) is 4.79 Å². The van der Waals surface area contributed by atoms with Crippen molar-refractivity contribution in [3.63, 3.8) is 0 Å². The number of hydrogen-bond acceptors (Lipinski definition) is 1. The van der Waals surface area contributed by atoms with Crippen LogP contribution in [0, 0.1) is 11.6 Å². The molecule has 0 atom stereocenters. The molecular weight excluding hydrogens is 226 g/mol. The molecule has 1 N–H and O–H groups in total. The molecule has 0 aromatic carbocycles. The molecule has 0 saturated carbocycles. The van der Waals surface area contributed by atoms with E-state index >= 15 is 0 Å². The van der Waals surface area contributed by atoms with Gasteiger partial charge in [0.25, 0.3) is 0 Å². The van der Waals surface area contributed by atoms with Gasteiger partial charge in [-0.3, -0.25) is 10.1 Å². The monoisotopic (exact) mass is 253 g/mol. The Bertz CT molecular complexity index is 288. The molecule has 0 heterocycles. The molecule has 0 saturated heterocycles. The van der Waals surface area contributed by atoms with Crippen LogP contribution in [0.4, 0.5) is 0 Å². The van der Waals surface area contributed by atoms with Gasteiger partial charge in [0.2, 0.25) is 5.91 Å². The first-order valence-electron chi connectivity index (χ1n) is 6.59. The zero-order chi connectivity index (χ0) is 13.6. The van der Waals surface area contributed by atoms with Gasteiger partial charge in [0.1, 0.15) is 8.07 Å². The zero-order valence-electron chi connectivity index (χ0n) is 12.3. The maximum Gasteiger partial charge on any atom is 0.231 e. The molecule has 0 bridgehead atoms. The molecule has 2 nitrogen and oxygen atoms in total. The Hall–Kier alpha value is -0.753. The molecule has 0 fully saturated rings. The molecule has 0 aromatic rings. The van der Waals surface area contributed by atoms with Gasteiger partial charge in [0.05, 0.1) is 0 Å². The fourth-order valence-electron chi connectivity index (χ4n) is 2.73. The summed E-state index contributed by atoms with van der Waals surface area (Å²) in [6.07, 6.45) is 0.494. The molecule has 98 valence electrons. The second-order valence-electron chi connectivity index (χ2n) is 5.55. The molecule has 0 aliphatic heterocycles. The first-order chi connectivity index (χ1) is 7.78. The molecule has 3 heteroatoms. The van der Waals surface area contributed by atoms with Crippen LogP contribution >= 0.6 is 0 Å². The topological polar surface area (TPSA) is 29.1 Å². The lowest BCUT2D eigenvalue weighted by Gasteiger charge is -2.37. The van der Waals surface area contributed by atoms with Gasteiger partial charge in [-0.05, 0) is 16.6 Å². The van der Waals surface area contributed by atoms with Crippen LogP contribution in [0.3, 0.4) is 0 Å². The lowest BCUT2D eigenvalue weighted by atomic mass is 10.5. The summed E-state index contributed by atoms with van der Waals surface area (Å²) in [4.78, 5) is 11.2. The number of hydrogen-bond donors (Lipinski definition) is 1. The van der Waals surface area contributed by atoms with E-state index in [2.05, 4.69) is 58.4 Å². The Labute approximate surface area is 108 Å². The highest BCUT2D eigenvalue weighted by Crippen LogP contribution is 2.40. The second-order valence-corrected chi connectivity index (χ2v) is 11.1. The first-order valence-corrected chi connectivity index (χ1v) is 8.83. The summed E-state index contributed by atoms with van der Waals surface area (Å²) in [5.41, 5.74) is 5.27. The molecule has 0 unspecified atom stereocenters. The standard InChI is InChI=1S/C14H27NOSi/c1-8-14(16)15-9-10-17(11(2)3,12(4)5)13(6)7/h11-13H,8H2,1-7H3,(H,15,16). The summed E-state index contributed by atoms with van der Waals surface area (Å²) in [5.74, 6) is 0.0108. The highest BCUT2D eigenvalue weighted by molar-refractivity contribution is 6.90. The van der Waals surface area contributed by atoms with Crippen molar-refractivity contribution >= 4 is 14.0 Å². The molecule has 17 heavy (non-hydrogen) atoms.